The van der Waals surface area contributed by atoms with Crippen LogP contribution in [0.2, 0.25) is 0 Å². The number of hydrogen-bond acceptors (Lipinski definition) is 4. The molecule has 1 fully saturated rings. The zero-order valence-corrected chi connectivity index (χ0v) is 13.6. The summed E-state index contributed by atoms with van der Waals surface area (Å²) in [5.41, 5.74) is 2.81. The van der Waals surface area contributed by atoms with E-state index in [2.05, 4.69) is 43.6 Å². The van der Waals surface area contributed by atoms with Crippen LogP contribution in [0.1, 0.15) is 31.1 Å². The molecule has 3 aromatic rings. The van der Waals surface area contributed by atoms with Crippen molar-refractivity contribution in [2.75, 3.05) is 6.54 Å². The second-order valence-corrected chi connectivity index (χ2v) is 6.47. The van der Waals surface area contributed by atoms with Crippen molar-refractivity contribution in [1.82, 2.24) is 25.1 Å². The van der Waals surface area contributed by atoms with Crippen molar-refractivity contribution in [2.45, 2.75) is 25.3 Å². The lowest BCUT2D eigenvalue weighted by Gasteiger charge is -2.21. The first kappa shape index (κ1) is 13.8. The molecule has 0 saturated carbocycles. The molecule has 1 aliphatic heterocycles. The zero-order chi connectivity index (χ0) is 14.9. The molecule has 0 radical (unpaired) electrons. The van der Waals surface area contributed by atoms with Crippen LogP contribution in [0.3, 0.4) is 0 Å². The number of aromatic nitrogens is 4. The average Bonchev–Trinajstić information content (AvgIpc) is 2.99. The Morgan fingerprint density at radius 3 is 2.68 bits per heavy atom. The molecule has 0 bridgehead atoms. The summed E-state index contributed by atoms with van der Waals surface area (Å²) in [7, 11) is 0. The first-order valence-corrected chi connectivity index (χ1v) is 8.32. The molecule has 4 rings (SSSR count). The normalized spacial score (nSPS) is 18.7. The summed E-state index contributed by atoms with van der Waals surface area (Å²) in [5, 5.41) is 16.9. The summed E-state index contributed by atoms with van der Waals surface area (Å²) in [6.07, 6.45) is 3.54. The number of rotatable bonds is 2. The number of fused-ring (bicyclic) bond motifs is 1. The van der Waals surface area contributed by atoms with Crippen molar-refractivity contribution in [3.8, 4) is 11.3 Å². The van der Waals surface area contributed by atoms with Crippen LogP contribution in [0.25, 0.3) is 16.9 Å². The highest BCUT2D eigenvalue weighted by Crippen LogP contribution is 2.24. The lowest BCUT2D eigenvalue weighted by Crippen LogP contribution is -2.28. The van der Waals surface area contributed by atoms with Crippen LogP contribution >= 0.6 is 15.9 Å². The van der Waals surface area contributed by atoms with Gasteiger partial charge in [0.05, 0.1) is 11.7 Å². The molecule has 5 nitrogen and oxygen atoms in total. The number of nitrogens with one attached hydrogen (secondary N) is 1. The third-order valence-corrected chi connectivity index (χ3v) is 4.58. The standard InChI is InChI=1S/C16H16BrN5/c17-12-6-4-11(5-7-12)13-8-9-15-19-20-16(22(15)21-13)14-3-1-2-10-18-14/h4-9,14,18H,1-3,10H2. The first-order valence-electron chi connectivity index (χ1n) is 7.53. The van der Waals surface area contributed by atoms with Crippen molar-refractivity contribution < 1.29 is 0 Å². The minimum Gasteiger partial charge on any atom is -0.307 e. The van der Waals surface area contributed by atoms with Crippen molar-refractivity contribution >= 4 is 21.6 Å². The van der Waals surface area contributed by atoms with Gasteiger partial charge in [0.15, 0.2) is 11.5 Å². The molecule has 1 aliphatic rings. The molecule has 1 saturated heterocycles. The molecular weight excluding hydrogens is 342 g/mol. The molecule has 22 heavy (non-hydrogen) atoms. The molecule has 2 aromatic heterocycles. The summed E-state index contributed by atoms with van der Waals surface area (Å²) < 4.78 is 2.94. The molecule has 0 spiro atoms. The summed E-state index contributed by atoms with van der Waals surface area (Å²) in [6, 6.07) is 12.4. The maximum Gasteiger partial charge on any atom is 0.178 e. The fourth-order valence-corrected chi connectivity index (χ4v) is 3.13. The Kier molecular flexibility index (Phi) is 3.63. The van der Waals surface area contributed by atoms with E-state index in [1.807, 2.05) is 28.8 Å². The Morgan fingerprint density at radius 2 is 1.91 bits per heavy atom. The van der Waals surface area contributed by atoms with Gasteiger partial charge < -0.3 is 5.32 Å². The van der Waals surface area contributed by atoms with Crippen LogP contribution in [0.15, 0.2) is 40.9 Å². The minimum absolute atomic E-state index is 0.247. The van der Waals surface area contributed by atoms with Gasteiger partial charge in [0.1, 0.15) is 0 Å². The Morgan fingerprint density at radius 1 is 1.05 bits per heavy atom. The molecule has 6 heteroatoms. The van der Waals surface area contributed by atoms with Gasteiger partial charge in [0.2, 0.25) is 0 Å². The SMILES string of the molecule is Brc1ccc(-c2ccc3nnc(C4CCCCN4)n3n2)cc1. The van der Waals surface area contributed by atoms with Crippen molar-refractivity contribution in [3.05, 3.63) is 46.7 Å². The quantitative estimate of drug-likeness (QED) is 0.763. The molecule has 1 N–H and O–H groups in total. The minimum atomic E-state index is 0.247. The van der Waals surface area contributed by atoms with Gasteiger partial charge in [-0.05, 0) is 43.7 Å². The maximum absolute atomic E-state index is 4.75. The Hall–Kier alpha value is -1.79. The molecule has 0 amide bonds. The topological polar surface area (TPSA) is 55.1 Å². The molecule has 1 unspecified atom stereocenters. The molecule has 112 valence electrons. The number of halogens is 1. The van der Waals surface area contributed by atoms with E-state index in [-0.39, 0.29) is 6.04 Å². The monoisotopic (exact) mass is 357 g/mol. The predicted octanol–water partition coefficient (Wildman–Crippen LogP) is 3.37. The highest BCUT2D eigenvalue weighted by atomic mass is 79.9. The van der Waals surface area contributed by atoms with Crippen LogP contribution in [0.5, 0.6) is 0 Å². The predicted molar refractivity (Wildman–Crippen MR) is 88.5 cm³/mol. The van der Waals surface area contributed by atoms with Crippen molar-refractivity contribution in [2.24, 2.45) is 0 Å². The van der Waals surface area contributed by atoms with E-state index in [1.165, 1.54) is 12.8 Å². The first-order chi connectivity index (χ1) is 10.8. The van der Waals surface area contributed by atoms with Crippen molar-refractivity contribution in [3.63, 3.8) is 0 Å². The van der Waals surface area contributed by atoms with Gasteiger partial charge in [0, 0.05) is 10.0 Å². The molecule has 3 heterocycles. The van der Waals surface area contributed by atoms with Gasteiger partial charge in [0.25, 0.3) is 0 Å². The summed E-state index contributed by atoms with van der Waals surface area (Å²) in [6.45, 7) is 1.03. The van der Waals surface area contributed by atoms with E-state index in [0.29, 0.717) is 0 Å². The van der Waals surface area contributed by atoms with Crippen LogP contribution in [0, 0.1) is 0 Å². The van der Waals surface area contributed by atoms with E-state index in [4.69, 9.17) is 5.10 Å². The van der Waals surface area contributed by atoms with Crippen LogP contribution < -0.4 is 5.32 Å². The number of benzene rings is 1. The smallest absolute Gasteiger partial charge is 0.178 e. The van der Waals surface area contributed by atoms with Gasteiger partial charge >= 0.3 is 0 Å². The van der Waals surface area contributed by atoms with Crippen LogP contribution in [-0.4, -0.2) is 26.4 Å². The maximum atomic E-state index is 4.75. The summed E-state index contributed by atoms with van der Waals surface area (Å²) in [5.74, 6) is 0.911. The van der Waals surface area contributed by atoms with Gasteiger partial charge in [-0.15, -0.1) is 10.2 Å². The van der Waals surface area contributed by atoms with Gasteiger partial charge in [-0.1, -0.05) is 34.5 Å². The largest absolute Gasteiger partial charge is 0.307 e. The zero-order valence-electron chi connectivity index (χ0n) is 12.0. The fraction of sp³-hybridized carbons (Fsp3) is 0.312. The van der Waals surface area contributed by atoms with Gasteiger partial charge in [-0.3, -0.25) is 0 Å². The number of piperidine rings is 1. The van der Waals surface area contributed by atoms with Crippen molar-refractivity contribution in [1.29, 1.82) is 0 Å². The lowest BCUT2D eigenvalue weighted by molar-refractivity contribution is 0.392. The Labute approximate surface area is 136 Å². The van der Waals surface area contributed by atoms with Gasteiger partial charge in [-0.2, -0.15) is 9.61 Å². The second kappa shape index (κ2) is 5.78. The highest BCUT2D eigenvalue weighted by molar-refractivity contribution is 9.10. The average molecular weight is 358 g/mol. The third-order valence-electron chi connectivity index (χ3n) is 4.05. The molecule has 0 aliphatic carbocycles. The summed E-state index contributed by atoms with van der Waals surface area (Å²) >= 11 is 3.46. The molecule has 1 aromatic carbocycles. The lowest BCUT2D eigenvalue weighted by atomic mass is 10.0. The van der Waals surface area contributed by atoms with E-state index in [1.54, 1.807) is 0 Å². The third kappa shape index (κ3) is 2.53. The van der Waals surface area contributed by atoms with Crippen LogP contribution in [0.4, 0.5) is 0 Å². The number of hydrogen-bond donors (Lipinski definition) is 1. The number of nitrogens with zero attached hydrogens (tertiary/aromatic N) is 4. The van der Waals surface area contributed by atoms with E-state index < -0.39 is 0 Å². The van der Waals surface area contributed by atoms with Crippen LogP contribution in [-0.2, 0) is 0 Å². The molecular formula is C16H16BrN5. The van der Waals surface area contributed by atoms with Gasteiger partial charge in [-0.25, -0.2) is 0 Å². The Balaban J connectivity index is 1.77. The fourth-order valence-electron chi connectivity index (χ4n) is 2.87. The van der Waals surface area contributed by atoms with E-state index in [0.717, 1.165) is 40.2 Å². The highest BCUT2D eigenvalue weighted by Gasteiger charge is 2.21. The second-order valence-electron chi connectivity index (χ2n) is 5.56. The Bertz CT molecular complexity index is 790. The van der Waals surface area contributed by atoms with E-state index >= 15 is 0 Å². The molecule has 1 atom stereocenters. The summed E-state index contributed by atoms with van der Waals surface area (Å²) in [4.78, 5) is 0. The van der Waals surface area contributed by atoms with E-state index in [9.17, 15) is 0 Å².